The Bertz CT molecular complexity index is 510. The van der Waals surface area contributed by atoms with E-state index in [1.165, 1.54) is 16.5 Å². The molecule has 0 bridgehead atoms. The van der Waals surface area contributed by atoms with Gasteiger partial charge in [0, 0.05) is 29.9 Å². The van der Waals surface area contributed by atoms with Gasteiger partial charge in [-0.05, 0) is 24.6 Å². The van der Waals surface area contributed by atoms with Crippen molar-refractivity contribution < 1.29 is 0 Å². The van der Waals surface area contributed by atoms with Crippen LogP contribution in [-0.2, 0) is 0 Å². The third kappa shape index (κ3) is 1.45. The molecule has 2 aromatic heterocycles. The topological polar surface area (TPSA) is 40.7 Å². The first kappa shape index (κ1) is 8.68. The monoisotopic (exact) mass is 199 g/mol. The zero-order valence-corrected chi connectivity index (χ0v) is 8.46. The standard InChI is InChI=1S/C12H13N3/c1-4-13-5-2-9(1)11-7-15-12-8-14-6-3-10(11)12/h1,3,6-8,13,15H,2,4-5H2. The molecular formula is C12H13N3. The maximum atomic E-state index is 4.11. The minimum atomic E-state index is 0.979. The first-order valence-corrected chi connectivity index (χ1v) is 5.26. The fourth-order valence-corrected chi connectivity index (χ4v) is 2.10. The number of H-pyrrole nitrogens is 1. The largest absolute Gasteiger partial charge is 0.359 e. The first-order chi connectivity index (χ1) is 7.45. The van der Waals surface area contributed by atoms with Crippen LogP contribution < -0.4 is 5.32 Å². The molecule has 0 unspecified atom stereocenters. The Balaban J connectivity index is 2.14. The van der Waals surface area contributed by atoms with E-state index in [-0.39, 0.29) is 0 Å². The molecule has 2 N–H and O–H groups in total. The lowest BCUT2D eigenvalue weighted by Crippen LogP contribution is -2.19. The molecule has 0 spiro atoms. The fourth-order valence-electron chi connectivity index (χ4n) is 2.10. The van der Waals surface area contributed by atoms with Crippen LogP contribution in [0.15, 0.2) is 30.7 Å². The summed E-state index contributed by atoms with van der Waals surface area (Å²) in [4.78, 5) is 7.37. The van der Waals surface area contributed by atoms with E-state index in [2.05, 4.69) is 33.6 Å². The van der Waals surface area contributed by atoms with Gasteiger partial charge in [-0.15, -0.1) is 0 Å². The fraction of sp³-hybridized carbons (Fsp3) is 0.250. The molecule has 0 radical (unpaired) electrons. The van der Waals surface area contributed by atoms with Crippen molar-refractivity contribution in [1.82, 2.24) is 15.3 Å². The summed E-state index contributed by atoms with van der Waals surface area (Å²) in [6.07, 6.45) is 9.19. The molecule has 3 heteroatoms. The molecule has 1 aliphatic rings. The van der Waals surface area contributed by atoms with E-state index in [1.807, 2.05) is 12.4 Å². The van der Waals surface area contributed by atoms with Gasteiger partial charge in [-0.1, -0.05) is 6.08 Å². The summed E-state index contributed by atoms with van der Waals surface area (Å²) in [6, 6.07) is 2.07. The van der Waals surface area contributed by atoms with Crippen molar-refractivity contribution in [3.8, 4) is 0 Å². The van der Waals surface area contributed by atoms with Crippen LogP contribution in [0.25, 0.3) is 16.5 Å². The average Bonchev–Trinajstić information content (AvgIpc) is 2.74. The Hall–Kier alpha value is -1.61. The number of hydrogen-bond donors (Lipinski definition) is 2. The van der Waals surface area contributed by atoms with Crippen molar-refractivity contribution in [3.63, 3.8) is 0 Å². The van der Waals surface area contributed by atoms with Crippen LogP contribution in [0.3, 0.4) is 0 Å². The Morgan fingerprint density at radius 2 is 2.33 bits per heavy atom. The Labute approximate surface area is 88.2 Å². The Morgan fingerprint density at radius 3 is 3.20 bits per heavy atom. The molecule has 0 amide bonds. The van der Waals surface area contributed by atoms with Gasteiger partial charge in [0.05, 0.1) is 11.7 Å². The highest BCUT2D eigenvalue weighted by atomic mass is 14.8. The lowest BCUT2D eigenvalue weighted by Gasteiger charge is -2.13. The van der Waals surface area contributed by atoms with E-state index in [4.69, 9.17) is 0 Å². The third-order valence-electron chi connectivity index (χ3n) is 2.89. The third-order valence-corrected chi connectivity index (χ3v) is 2.89. The summed E-state index contributed by atoms with van der Waals surface area (Å²) in [5.74, 6) is 0. The van der Waals surface area contributed by atoms with Gasteiger partial charge in [-0.3, -0.25) is 4.98 Å². The van der Waals surface area contributed by atoms with Gasteiger partial charge >= 0.3 is 0 Å². The van der Waals surface area contributed by atoms with Gasteiger partial charge in [0.1, 0.15) is 0 Å². The van der Waals surface area contributed by atoms with E-state index in [0.29, 0.717) is 0 Å². The summed E-state index contributed by atoms with van der Waals surface area (Å²) in [5, 5.41) is 4.60. The molecular weight excluding hydrogens is 186 g/mol. The van der Waals surface area contributed by atoms with E-state index in [9.17, 15) is 0 Å². The van der Waals surface area contributed by atoms with Crippen molar-refractivity contribution in [2.45, 2.75) is 6.42 Å². The lowest BCUT2D eigenvalue weighted by molar-refractivity contribution is 0.739. The van der Waals surface area contributed by atoms with Crippen LogP contribution in [0.4, 0.5) is 0 Å². The van der Waals surface area contributed by atoms with E-state index < -0.39 is 0 Å². The predicted molar refractivity (Wildman–Crippen MR) is 61.6 cm³/mol. The number of fused-ring (bicyclic) bond motifs is 1. The first-order valence-electron chi connectivity index (χ1n) is 5.26. The van der Waals surface area contributed by atoms with Crippen LogP contribution in [0, 0.1) is 0 Å². The number of aromatic nitrogens is 2. The number of pyridine rings is 1. The van der Waals surface area contributed by atoms with E-state index >= 15 is 0 Å². The van der Waals surface area contributed by atoms with Crippen LogP contribution in [-0.4, -0.2) is 23.1 Å². The second-order valence-electron chi connectivity index (χ2n) is 3.81. The summed E-state index contributed by atoms with van der Waals surface area (Å²) in [7, 11) is 0. The van der Waals surface area contributed by atoms with Crippen LogP contribution in [0.2, 0.25) is 0 Å². The molecule has 0 aromatic carbocycles. The molecule has 3 nitrogen and oxygen atoms in total. The van der Waals surface area contributed by atoms with Crippen LogP contribution in [0.5, 0.6) is 0 Å². The smallest absolute Gasteiger partial charge is 0.0646 e. The number of hydrogen-bond acceptors (Lipinski definition) is 2. The summed E-state index contributed by atoms with van der Waals surface area (Å²) in [6.45, 7) is 2.05. The highest BCUT2D eigenvalue weighted by molar-refractivity contribution is 5.92. The van der Waals surface area contributed by atoms with Gasteiger partial charge in [-0.2, -0.15) is 0 Å². The quantitative estimate of drug-likeness (QED) is 0.737. The van der Waals surface area contributed by atoms with Crippen molar-refractivity contribution in [1.29, 1.82) is 0 Å². The van der Waals surface area contributed by atoms with Gasteiger partial charge in [0.2, 0.25) is 0 Å². The summed E-state index contributed by atoms with van der Waals surface area (Å²) < 4.78 is 0. The lowest BCUT2D eigenvalue weighted by atomic mass is 10.0. The number of nitrogens with zero attached hydrogens (tertiary/aromatic N) is 1. The minimum Gasteiger partial charge on any atom is -0.359 e. The highest BCUT2D eigenvalue weighted by Gasteiger charge is 2.10. The predicted octanol–water partition coefficient (Wildman–Crippen LogP) is 1.94. The van der Waals surface area contributed by atoms with Crippen molar-refractivity contribution in [2.75, 3.05) is 13.1 Å². The number of rotatable bonds is 1. The zero-order valence-electron chi connectivity index (χ0n) is 8.46. The summed E-state index contributed by atoms with van der Waals surface area (Å²) in [5.41, 5.74) is 3.88. The second kappa shape index (κ2) is 3.51. The van der Waals surface area contributed by atoms with Crippen LogP contribution >= 0.6 is 0 Å². The summed E-state index contributed by atoms with van der Waals surface area (Å²) >= 11 is 0. The van der Waals surface area contributed by atoms with Crippen LogP contribution in [0.1, 0.15) is 12.0 Å². The maximum Gasteiger partial charge on any atom is 0.0646 e. The molecule has 0 saturated carbocycles. The average molecular weight is 199 g/mol. The van der Waals surface area contributed by atoms with Crippen molar-refractivity contribution in [3.05, 3.63) is 36.3 Å². The Kier molecular flexibility index (Phi) is 2.03. The second-order valence-corrected chi connectivity index (χ2v) is 3.81. The van der Waals surface area contributed by atoms with E-state index in [0.717, 1.165) is 25.0 Å². The van der Waals surface area contributed by atoms with Gasteiger partial charge in [-0.25, -0.2) is 0 Å². The number of aromatic amines is 1. The zero-order chi connectivity index (χ0) is 10.1. The Morgan fingerprint density at radius 1 is 1.33 bits per heavy atom. The molecule has 2 aromatic rings. The highest BCUT2D eigenvalue weighted by Crippen LogP contribution is 2.26. The van der Waals surface area contributed by atoms with Gasteiger partial charge in [0.15, 0.2) is 0 Å². The SMILES string of the molecule is C1=C(c2c[nH]c3cnccc23)CCNC1. The molecule has 0 fully saturated rings. The molecule has 3 rings (SSSR count). The van der Waals surface area contributed by atoms with Gasteiger partial charge < -0.3 is 10.3 Å². The molecule has 3 heterocycles. The molecule has 1 aliphatic heterocycles. The molecule has 15 heavy (non-hydrogen) atoms. The molecule has 0 aliphatic carbocycles. The normalized spacial score (nSPS) is 16.7. The van der Waals surface area contributed by atoms with Crippen molar-refractivity contribution in [2.24, 2.45) is 0 Å². The molecule has 0 saturated heterocycles. The molecule has 76 valence electrons. The minimum absolute atomic E-state index is 0.979. The van der Waals surface area contributed by atoms with Crippen molar-refractivity contribution >= 4 is 16.5 Å². The van der Waals surface area contributed by atoms with Gasteiger partial charge in [0.25, 0.3) is 0 Å². The van der Waals surface area contributed by atoms with E-state index in [1.54, 1.807) is 0 Å². The molecule has 0 atom stereocenters. The maximum absolute atomic E-state index is 4.11. The number of nitrogens with one attached hydrogen (secondary N) is 2.